The van der Waals surface area contributed by atoms with Crippen molar-refractivity contribution in [2.75, 3.05) is 46.9 Å². The fourth-order valence-electron chi connectivity index (χ4n) is 3.32. The Balaban J connectivity index is 2.05. The van der Waals surface area contributed by atoms with Crippen LogP contribution < -0.4 is 5.32 Å². The summed E-state index contributed by atoms with van der Waals surface area (Å²) in [6, 6.07) is 8.29. The van der Waals surface area contributed by atoms with Crippen LogP contribution in [0, 0.1) is 0 Å². The summed E-state index contributed by atoms with van der Waals surface area (Å²) in [5, 5.41) is 4.21. The van der Waals surface area contributed by atoms with Gasteiger partial charge in [-0.2, -0.15) is 0 Å². The van der Waals surface area contributed by atoms with Gasteiger partial charge in [0.05, 0.1) is 18.7 Å². The summed E-state index contributed by atoms with van der Waals surface area (Å²) in [7, 11) is 4.19. The first-order chi connectivity index (χ1) is 12.5. The Hall–Kier alpha value is -1.30. The molecule has 0 aromatic heterocycles. The van der Waals surface area contributed by atoms with Gasteiger partial charge in [0, 0.05) is 31.3 Å². The van der Waals surface area contributed by atoms with Crippen molar-refractivity contribution >= 4 is 17.6 Å². The van der Waals surface area contributed by atoms with E-state index in [1.807, 2.05) is 12.1 Å². The average molecular weight is 381 g/mol. The van der Waals surface area contributed by atoms with E-state index in [1.165, 1.54) is 5.56 Å². The fraction of sp³-hybridized carbons (Fsp3) is 0.650. The molecule has 1 atom stereocenters. The maximum atomic E-state index is 6.03. The van der Waals surface area contributed by atoms with Crippen LogP contribution in [0.2, 0.25) is 5.02 Å². The highest BCUT2D eigenvalue weighted by Crippen LogP contribution is 2.21. The van der Waals surface area contributed by atoms with E-state index < -0.39 is 0 Å². The van der Waals surface area contributed by atoms with Crippen LogP contribution in [0.4, 0.5) is 0 Å². The highest BCUT2D eigenvalue weighted by Gasteiger charge is 2.22. The number of benzene rings is 1. The number of nitrogens with zero attached hydrogens (tertiary/aromatic N) is 3. The van der Waals surface area contributed by atoms with E-state index in [1.54, 1.807) is 0 Å². The fourth-order valence-corrected chi connectivity index (χ4v) is 3.45. The molecule has 1 saturated heterocycles. The van der Waals surface area contributed by atoms with Crippen LogP contribution in [-0.2, 0) is 4.74 Å². The molecule has 26 heavy (non-hydrogen) atoms. The second-order valence-corrected chi connectivity index (χ2v) is 7.30. The topological polar surface area (TPSA) is 40.1 Å². The van der Waals surface area contributed by atoms with Gasteiger partial charge in [-0.05, 0) is 58.5 Å². The van der Waals surface area contributed by atoms with E-state index in [0.717, 1.165) is 50.1 Å². The Morgan fingerprint density at radius 3 is 2.46 bits per heavy atom. The number of rotatable bonds is 7. The van der Waals surface area contributed by atoms with Gasteiger partial charge in [-0.3, -0.25) is 4.99 Å². The van der Waals surface area contributed by atoms with Gasteiger partial charge >= 0.3 is 0 Å². The summed E-state index contributed by atoms with van der Waals surface area (Å²) >= 11 is 6.03. The van der Waals surface area contributed by atoms with E-state index >= 15 is 0 Å². The first-order valence-electron chi connectivity index (χ1n) is 9.61. The Labute approximate surface area is 163 Å². The second-order valence-electron chi connectivity index (χ2n) is 6.87. The van der Waals surface area contributed by atoms with Gasteiger partial charge in [-0.25, -0.2) is 0 Å². The molecule has 1 N–H and O–H groups in total. The minimum atomic E-state index is 0.224. The van der Waals surface area contributed by atoms with Crippen molar-refractivity contribution in [3.63, 3.8) is 0 Å². The minimum Gasteiger partial charge on any atom is -0.378 e. The molecule has 1 heterocycles. The van der Waals surface area contributed by atoms with Crippen molar-refractivity contribution in [3.05, 3.63) is 34.9 Å². The predicted octanol–water partition coefficient (Wildman–Crippen LogP) is 3.41. The first kappa shape index (κ1) is 21.0. The molecule has 0 saturated carbocycles. The summed E-state index contributed by atoms with van der Waals surface area (Å²) < 4.78 is 5.76. The van der Waals surface area contributed by atoms with Crippen molar-refractivity contribution < 1.29 is 4.74 Å². The van der Waals surface area contributed by atoms with Gasteiger partial charge in [-0.15, -0.1) is 0 Å². The third-order valence-corrected chi connectivity index (χ3v) is 5.02. The lowest BCUT2D eigenvalue weighted by Crippen LogP contribution is -2.47. The van der Waals surface area contributed by atoms with Gasteiger partial charge in [0.1, 0.15) is 0 Å². The third-order valence-electron chi connectivity index (χ3n) is 4.77. The number of hydrogen-bond donors (Lipinski definition) is 1. The standard InChI is InChI=1S/C20H33ClN4O/c1-5-22-20(25-13-11-18(12-14-25)26-6-2)23-15-19(24(3)4)16-7-9-17(21)10-8-16/h7-10,18-19H,5-6,11-15H2,1-4H3,(H,22,23). The third kappa shape index (κ3) is 6.15. The maximum Gasteiger partial charge on any atom is 0.193 e. The molecule has 5 nitrogen and oxygen atoms in total. The van der Waals surface area contributed by atoms with Crippen LogP contribution in [0.25, 0.3) is 0 Å². The molecule has 2 rings (SSSR count). The van der Waals surface area contributed by atoms with E-state index in [4.69, 9.17) is 21.3 Å². The second kappa shape index (κ2) is 10.8. The van der Waals surface area contributed by atoms with E-state index in [-0.39, 0.29) is 6.04 Å². The zero-order valence-corrected chi connectivity index (χ0v) is 17.3. The van der Waals surface area contributed by atoms with Crippen molar-refractivity contribution in [3.8, 4) is 0 Å². The number of aliphatic imine (C=N–C) groups is 1. The summed E-state index contributed by atoms with van der Waals surface area (Å²) in [6.45, 7) is 8.54. The van der Waals surface area contributed by atoms with Crippen LogP contribution in [0.15, 0.2) is 29.3 Å². The Kier molecular flexibility index (Phi) is 8.69. The van der Waals surface area contributed by atoms with Crippen LogP contribution in [0.1, 0.15) is 38.3 Å². The normalized spacial score (nSPS) is 17.6. The molecule has 1 fully saturated rings. The molecule has 1 aliphatic heterocycles. The number of likely N-dealkylation sites (N-methyl/N-ethyl adjacent to an activating group) is 1. The summed E-state index contributed by atoms with van der Waals surface area (Å²) in [4.78, 5) is 9.51. The molecule has 1 unspecified atom stereocenters. The monoisotopic (exact) mass is 380 g/mol. The molecule has 146 valence electrons. The highest BCUT2D eigenvalue weighted by molar-refractivity contribution is 6.30. The molecule has 0 aliphatic carbocycles. The van der Waals surface area contributed by atoms with Crippen molar-refractivity contribution in [1.29, 1.82) is 0 Å². The predicted molar refractivity (Wildman–Crippen MR) is 110 cm³/mol. The van der Waals surface area contributed by atoms with Gasteiger partial charge in [0.15, 0.2) is 5.96 Å². The van der Waals surface area contributed by atoms with Gasteiger partial charge in [-0.1, -0.05) is 23.7 Å². The molecular formula is C20H33ClN4O. The SMILES string of the molecule is CCNC(=NCC(c1ccc(Cl)cc1)N(C)C)N1CCC(OCC)CC1. The Morgan fingerprint density at radius 2 is 1.92 bits per heavy atom. The molecule has 0 spiro atoms. The first-order valence-corrected chi connectivity index (χ1v) is 9.99. The van der Waals surface area contributed by atoms with E-state index in [0.29, 0.717) is 12.6 Å². The van der Waals surface area contributed by atoms with Crippen LogP contribution >= 0.6 is 11.6 Å². The van der Waals surface area contributed by atoms with Gasteiger partial charge in [0.2, 0.25) is 0 Å². The summed E-state index contributed by atoms with van der Waals surface area (Å²) in [6.07, 6.45) is 2.52. The smallest absolute Gasteiger partial charge is 0.193 e. The van der Waals surface area contributed by atoms with Crippen LogP contribution in [0.5, 0.6) is 0 Å². The number of likely N-dealkylation sites (tertiary alicyclic amines) is 1. The van der Waals surface area contributed by atoms with Crippen molar-refractivity contribution in [1.82, 2.24) is 15.1 Å². The number of hydrogen-bond acceptors (Lipinski definition) is 3. The molecule has 6 heteroatoms. The molecule has 0 bridgehead atoms. The Morgan fingerprint density at radius 1 is 1.27 bits per heavy atom. The van der Waals surface area contributed by atoms with E-state index in [9.17, 15) is 0 Å². The number of halogens is 1. The summed E-state index contributed by atoms with van der Waals surface area (Å²) in [5.74, 6) is 1.00. The van der Waals surface area contributed by atoms with E-state index in [2.05, 4.69) is 55.2 Å². The van der Waals surface area contributed by atoms with Crippen LogP contribution in [0.3, 0.4) is 0 Å². The molecule has 1 aromatic carbocycles. The lowest BCUT2D eigenvalue weighted by molar-refractivity contribution is 0.0263. The number of piperidine rings is 1. The molecule has 0 amide bonds. The highest BCUT2D eigenvalue weighted by atomic mass is 35.5. The number of nitrogens with one attached hydrogen (secondary N) is 1. The van der Waals surface area contributed by atoms with Crippen molar-refractivity contribution in [2.24, 2.45) is 4.99 Å². The summed E-state index contributed by atoms with van der Waals surface area (Å²) in [5.41, 5.74) is 1.23. The van der Waals surface area contributed by atoms with Gasteiger partial charge < -0.3 is 19.9 Å². The average Bonchev–Trinajstić information content (AvgIpc) is 2.63. The maximum absolute atomic E-state index is 6.03. The zero-order chi connectivity index (χ0) is 18.9. The lowest BCUT2D eigenvalue weighted by Gasteiger charge is -2.34. The molecule has 1 aromatic rings. The minimum absolute atomic E-state index is 0.224. The lowest BCUT2D eigenvalue weighted by atomic mass is 10.1. The Bertz CT molecular complexity index is 553. The molecular weight excluding hydrogens is 348 g/mol. The van der Waals surface area contributed by atoms with Crippen molar-refractivity contribution in [2.45, 2.75) is 38.8 Å². The van der Waals surface area contributed by atoms with Gasteiger partial charge in [0.25, 0.3) is 0 Å². The molecule has 1 aliphatic rings. The quantitative estimate of drug-likeness (QED) is 0.581. The zero-order valence-electron chi connectivity index (χ0n) is 16.5. The number of ether oxygens (including phenoxy) is 1. The number of guanidine groups is 1. The van der Waals surface area contributed by atoms with Crippen LogP contribution in [-0.4, -0.2) is 68.7 Å². The molecule has 0 radical (unpaired) electrons. The largest absolute Gasteiger partial charge is 0.378 e.